The number of nitrogens with two attached hydrogens (primary N) is 1. The van der Waals surface area contributed by atoms with Crippen LogP contribution in [0.2, 0.25) is 0 Å². The first-order valence-corrected chi connectivity index (χ1v) is 6.81. The second kappa shape index (κ2) is 5.17. The first-order chi connectivity index (χ1) is 8.79. The van der Waals surface area contributed by atoms with Gasteiger partial charge in [0.2, 0.25) is 0 Å². The zero-order valence-corrected chi connectivity index (χ0v) is 10.5. The molecule has 1 aromatic rings. The lowest BCUT2D eigenvalue weighted by molar-refractivity contribution is -0.0510. The number of hydrogen-bond donors (Lipinski definition) is 5. The number of phosphoric ester groups is 1. The molecule has 1 fully saturated rings. The molecule has 0 aliphatic carbocycles. The van der Waals surface area contributed by atoms with Crippen molar-refractivity contribution in [3.8, 4) is 0 Å². The number of hydrogen-bond acceptors (Lipinski definition) is 7. The van der Waals surface area contributed by atoms with Crippen molar-refractivity contribution >= 4 is 13.6 Å². The normalized spacial score (nSPS) is 31.8. The number of aliphatic hydroxyl groups excluding tert-OH is 2. The van der Waals surface area contributed by atoms with Gasteiger partial charge in [0.25, 0.3) is 0 Å². The van der Waals surface area contributed by atoms with E-state index in [9.17, 15) is 14.8 Å². The van der Waals surface area contributed by atoms with Gasteiger partial charge in [0.05, 0.1) is 19.1 Å². The summed E-state index contributed by atoms with van der Waals surface area (Å²) in [7, 11) is -4.67. The Bertz CT molecular complexity index is 488. The summed E-state index contributed by atoms with van der Waals surface area (Å²) in [5.41, 5.74) is 5.59. The van der Waals surface area contributed by atoms with Crippen LogP contribution in [-0.2, 0) is 13.8 Å². The molecule has 0 amide bonds. The highest BCUT2D eigenvalue weighted by molar-refractivity contribution is 7.46. The molecule has 2 rings (SSSR count). The summed E-state index contributed by atoms with van der Waals surface area (Å²) in [6.07, 6.45) is -2.12. The molecule has 1 aromatic heterocycles. The van der Waals surface area contributed by atoms with Crippen LogP contribution in [0.1, 0.15) is 6.23 Å². The molecular formula is C8H14N3O7P. The van der Waals surface area contributed by atoms with Crippen molar-refractivity contribution in [3.05, 3.63) is 12.5 Å². The van der Waals surface area contributed by atoms with Gasteiger partial charge in [-0.05, 0) is 0 Å². The highest BCUT2D eigenvalue weighted by Crippen LogP contribution is 2.38. The number of imidazole rings is 1. The molecule has 0 unspecified atom stereocenters. The predicted octanol–water partition coefficient (Wildman–Crippen LogP) is -1.81. The van der Waals surface area contributed by atoms with E-state index in [1.165, 1.54) is 17.1 Å². The minimum Gasteiger partial charge on any atom is -0.387 e. The van der Waals surface area contributed by atoms with Gasteiger partial charge in [-0.25, -0.2) is 9.55 Å². The molecular weight excluding hydrogens is 282 g/mol. The van der Waals surface area contributed by atoms with Gasteiger partial charge in [0.15, 0.2) is 6.23 Å². The number of aliphatic hydroxyl groups is 2. The first kappa shape index (κ1) is 14.4. The topological polar surface area (TPSA) is 160 Å². The lowest BCUT2D eigenvalue weighted by Crippen LogP contribution is -2.33. The minimum atomic E-state index is -4.67. The van der Waals surface area contributed by atoms with Crippen LogP contribution in [0.25, 0.3) is 0 Å². The van der Waals surface area contributed by atoms with E-state index in [1.807, 2.05) is 0 Å². The molecule has 19 heavy (non-hydrogen) atoms. The van der Waals surface area contributed by atoms with Gasteiger partial charge >= 0.3 is 7.82 Å². The Morgan fingerprint density at radius 1 is 1.47 bits per heavy atom. The average molecular weight is 296 g/mol. The van der Waals surface area contributed by atoms with Crippen LogP contribution in [0.3, 0.4) is 0 Å². The van der Waals surface area contributed by atoms with E-state index in [0.29, 0.717) is 0 Å². The second-order valence-corrected chi connectivity index (χ2v) is 5.30. The van der Waals surface area contributed by atoms with Gasteiger partial charge in [0, 0.05) is 0 Å². The Labute approximate surface area is 107 Å². The number of ether oxygens (including phenoxy) is 1. The number of nitrogen functional groups attached to an aromatic ring is 1. The summed E-state index contributed by atoms with van der Waals surface area (Å²) in [5.74, 6) is 0.216. The van der Waals surface area contributed by atoms with Crippen molar-refractivity contribution in [1.29, 1.82) is 0 Å². The Morgan fingerprint density at radius 2 is 2.16 bits per heavy atom. The van der Waals surface area contributed by atoms with Crippen LogP contribution in [0, 0.1) is 0 Å². The molecule has 11 heteroatoms. The van der Waals surface area contributed by atoms with Crippen LogP contribution < -0.4 is 5.73 Å². The van der Waals surface area contributed by atoms with Gasteiger partial charge in [-0.2, -0.15) is 0 Å². The summed E-state index contributed by atoms with van der Waals surface area (Å²) in [6.45, 7) is -0.562. The third kappa shape index (κ3) is 3.12. The van der Waals surface area contributed by atoms with Gasteiger partial charge in [-0.3, -0.25) is 9.09 Å². The van der Waals surface area contributed by atoms with E-state index in [-0.39, 0.29) is 5.82 Å². The summed E-state index contributed by atoms with van der Waals surface area (Å²) >= 11 is 0. The monoisotopic (exact) mass is 296 g/mol. The fourth-order valence-electron chi connectivity index (χ4n) is 1.79. The number of aromatic nitrogens is 2. The zero-order valence-electron chi connectivity index (χ0n) is 9.60. The minimum absolute atomic E-state index is 0.216. The summed E-state index contributed by atoms with van der Waals surface area (Å²) in [5, 5.41) is 19.6. The molecule has 0 spiro atoms. The fraction of sp³-hybridized carbons (Fsp3) is 0.625. The van der Waals surface area contributed by atoms with E-state index < -0.39 is 39.0 Å². The van der Waals surface area contributed by atoms with Crippen LogP contribution in [0.15, 0.2) is 12.5 Å². The van der Waals surface area contributed by atoms with E-state index in [0.717, 1.165) is 0 Å². The molecule has 6 N–H and O–H groups in total. The maximum absolute atomic E-state index is 10.6. The number of phosphoric acid groups is 1. The van der Waals surface area contributed by atoms with Crippen molar-refractivity contribution in [2.75, 3.05) is 12.3 Å². The fourth-order valence-corrected chi connectivity index (χ4v) is 2.14. The van der Waals surface area contributed by atoms with Crippen molar-refractivity contribution in [2.45, 2.75) is 24.5 Å². The first-order valence-electron chi connectivity index (χ1n) is 5.28. The SMILES string of the molecule is Nc1cncn1[C@@H]1O[C@H](COP(=O)(O)O)[C@@H](O)[13C@H]1O. The Kier molecular flexibility index (Phi) is 3.92. The molecule has 0 radical (unpaired) electrons. The zero-order chi connectivity index (χ0) is 14.2. The quantitative estimate of drug-likeness (QED) is 0.318. The number of anilines is 1. The summed E-state index contributed by atoms with van der Waals surface area (Å²) < 4.78 is 21.4. The molecule has 0 bridgehead atoms. The molecule has 0 aromatic carbocycles. The van der Waals surface area contributed by atoms with Crippen LogP contribution >= 0.6 is 7.82 Å². The number of nitrogens with zero attached hydrogens (tertiary/aromatic N) is 2. The van der Waals surface area contributed by atoms with E-state index >= 15 is 0 Å². The van der Waals surface area contributed by atoms with Gasteiger partial charge in [0.1, 0.15) is 24.1 Å². The maximum Gasteiger partial charge on any atom is 0.469 e. The summed E-state index contributed by atoms with van der Waals surface area (Å²) in [6, 6.07) is 0. The number of rotatable bonds is 4. The van der Waals surface area contributed by atoms with Gasteiger partial charge in [-0.1, -0.05) is 0 Å². The third-order valence-electron chi connectivity index (χ3n) is 2.71. The van der Waals surface area contributed by atoms with Gasteiger partial charge < -0.3 is 30.5 Å². The lowest BCUT2D eigenvalue weighted by Gasteiger charge is -2.17. The lowest BCUT2D eigenvalue weighted by atomic mass is 10.3. The molecule has 2 heterocycles. The standard InChI is InChI=1S/C8H14N3O7P/c9-5-1-10-3-11(5)8-7(13)6(12)4(18-8)2-17-19(14,15)16/h1,3-4,6-8,12-13H,2,9H2,(H2,14,15,16)/t4-,6-,7-,8-/m1/s1/i7+1. The Balaban J connectivity index is 2.07. The van der Waals surface area contributed by atoms with E-state index in [2.05, 4.69) is 9.51 Å². The smallest absolute Gasteiger partial charge is 0.387 e. The van der Waals surface area contributed by atoms with Crippen LogP contribution in [-0.4, -0.2) is 54.5 Å². The summed E-state index contributed by atoms with van der Waals surface area (Å²) in [4.78, 5) is 20.9. The van der Waals surface area contributed by atoms with Crippen LogP contribution in [0.5, 0.6) is 0 Å². The van der Waals surface area contributed by atoms with E-state index in [1.54, 1.807) is 0 Å². The predicted molar refractivity (Wildman–Crippen MR) is 60.6 cm³/mol. The third-order valence-corrected chi connectivity index (χ3v) is 3.20. The second-order valence-electron chi connectivity index (χ2n) is 4.06. The highest BCUT2D eigenvalue weighted by Gasteiger charge is 2.44. The molecule has 4 atom stereocenters. The molecule has 10 nitrogen and oxygen atoms in total. The van der Waals surface area contributed by atoms with Crippen molar-refractivity contribution in [2.24, 2.45) is 0 Å². The average Bonchev–Trinajstić information content (AvgIpc) is 2.83. The molecule has 108 valence electrons. The molecule has 0 saturated carbocycles. The molecule has 1 aliphatic rings. The van der Waals surface area contributed by atoms with Crippen molar-refractivity contribution in [1.82, 2.24) is 9.55 Å². The largest absolute Gasteiger partial charge is 0.469 e. The Hall–Kier alpha value is -1.00. The molecule has 1 aliphatic heterocycles. The van der Waals surface area contributed by atoms with Crippen molar-refractivity contribution in [3.63, 3.8) is 0 Å². The van der Waals surface area contributed by atoms with E-state index in [4.69, 9.17) is 20.3 Å². The maximum atomic E-state index is 10.6. The molecule has 1 saturated heterocycles. The van der Waals surface area contributed by atoms with Crippen molar-refractivity contribution < 1.29 is 33.8 Å². The van der Waals surface area contributed by atoms with Crippen LogP contribution in [0.4, 0.5) is 5.82 Å². The van der Waals surface area contributed by atoms with Gasteiger partial charge in [-0.15, -0.1) is 0 Å². The Morgan fingerprint density at radius 3 is 2.68 bits per heavy atom. The highest BCUT2D eigenvalue weighted by atomic mass is 31.2.